The van der Waals surface area contributed by atoms with Crippen molar-refractivity contribution in [2.24, 2.45) is 0 Å². The maximum atomic E-state index is 10.5. The maximum absolute atomic E-state index is 10.5. The molecule has 2 aromatic heterocycles. The third-order valence-corrected chi connectivity index (χ3v) is 7.45. The molecule has 28 heavy (non-hydrogen) atoms. The molecule has 2 aromatic rings. The summed E-state index contributed by atoms with van der Waals surface area (Å²) in [4.78, 5) is 19.1. The standard InChI is InChI=1S/C20H23NO2S3.C2H6/c1-14-18(21-20(25-14)15-6-3-2-4-7-15)12-17-10-9-16(26-17)8-5-11-24-13-19(22)23;1-2/h9-10,15H,2-4,6-7,11-13H2,1H3,(H,22,23);1-2H3. The minimum atomic E-state index is -0.790. The fourth-order valence-electron chi connectivity index (χ4n) is 3.16. The first-order valence-electron chi connectivity index (χ1n) is 9.95. The van der Waals surface area contributed by atoms with Crippen molar-refractivity contribution < 1.29 is 9.90 Å². The Morgan fingerprint density at radius 3 is 2.71 bits per heavy atom. The molecular formula is C22H29NO2S3. The van der Waals surface area contributed by atoms with Gasteiger partial charge >= 0.3 is 5.97 Å². The van der Waals surface area contributed by atoms with E-state index >= 15 is 0 Å². The Balaban J connectivity index is 0.00000136. The van der Waals surface area contributed by atoms with E-state index in [0.717, 1.165) is 11.3 Å². The van der Waals surface area contributed by atoms with Crippen LogP contribution in [0.3, 0.4) is 0 Å². The van der Waals surface area contributed by atoms with Crippen molar-refractivity contribution in [3.05, 3.63) is 37.5 Å². The van der Waals surface area contributed by atoms with Crippen molar-refractivity contribution in [2.45, 2.75) is 65.2 Å². The first kappa shape index (κ1) is 23.0. The van der Waals surface area contributed by atoms with Crippen LogP contribution >= 0.6 is 34.4 Å². The summed E-state index contributed by atoms with van der Waals surface area (Å²) in [6.45, 7) is 6.19. The molecule has 0 atom stereocenters. The highest BCUT2D eigenvalue weighted by molar-refractivity contribution is 8.00. The SMILES string of the molecule is CC.Cc1sc(C2CCCCC2)nc1Cc1ccc(C#CCSCC(=O)O)s1. The van der Waals surface area contributed by atoms with Gasteiger partial charge in [-0.3, -0.25) is 4.79 Å². The first-order valence-corrected chi connectivity index (χ1v) is 12.7. The smallest absolute Gasteiger partial charge is 0.313 e. The number of aromatic nitrogens is 1. The lowest BCUT2D eigenvalue weighted by molar-refractivity contribution is -0.133. The van der Waals surface area contributed by atoms with Crippen LogP contribution in [-0.2, 0) is 11.2 Å². The van der Waals surface area contributed by atoms with Gasteiger partial charge in [-0.25, -0.2) is 4.98 Å². The number of thioether (sulfide) groups is 1. The van der Waals surface area contributed by atoms with Gasteiger partial charge in [-0.15, -0.1) is 34.4 Å². The topological polar surface area (TPSA) is 50.2 Å². The largest absolute Gasteiger partial charge is 0.481 e. The van der Waals surface area contributed by atoms with Crippen molar-refractivity contribution >= 4 is 40.4 Å². The zero-order valence-electron chi connectivity index (χ0n) is 16.9. The number of carboxylic acids is 1. The van der Waals surface area contributed by atoms with E-state index in [1.54, 1.807) is 11.3 Å². The van der Waals surface area contributed by atoms with E-state index in [-0.39, 0.29) is 5.75 Å². The molecule has 1 saturated carbocycles. The second-order valence-corrected chi connectivity index (χ2v) is 9.91. The van der Waals surface area contributed by atoms with Crippen LogP contribution in [0.5, 0.6) is 0 Å². The van der Waals surface area contributed by atoms with Crippen LogP contribution in [0.2, 0.25) is 0 Å². The van der Waals surface area contributed by atoms with E-state index in [0.29, 0.717) is 11.7 Å². The lowest BCUT2D eigenvalue weighted by Crippen LogP contribution is -2.04. The molecule has 1 aliphatic carbocycles. The number of carbonyl (C=O) groups is 1. The van der Waals surface area contributed by atoms with Crippen LogP contribution in [0.1, 0.15) is 77.2 Å². The number of thiophene rings is 1. The van der Waals surface area contributed by atoms with E-state index in [2.05, 4.69) is 30.9 Å². The van der Waals surface area contributed by atoms with Crippen LogP contribution in [0.25, 0.3) is 0 Å². The predicted molar refractivity (Wildman–Crippen MR) is 123 cm³/mol. The van der Waals surface area contributed by atoms with E-state index in [1.165, 1.54) is 64.3 Å². The molecule has 0 radical (unpaired) electrons. The van der Waals surface area contributed by atoms with Crippen molar-refractivity contribution in [1.82, 2.24) is 4.98 Å². The van der Waals surface area contributed by atoms with E-state index in [1.807, 2.05) is 25.2 Å². The van der Waals surface area contributed by atoms with Crippen molar-refractivity contribution in [1.29, 1.82) is 0 Å². The van der Waals surface area contributed by atoms with Crippen molar-refractivity contribution in [2.75, 3.05) is 11.5 Å². The maximum Gasteiger partial charge on any atom is 0.313 e. The van der Waals surface area contributed by atoms with Gasteiger partial charge in [0.05, 0.1) is 27.1 Å². The Bertz CT molecular complexity index is 807. The van der Waals surface area contributed by atoms with Crippen LogP contribution < -0.4 is 0 Å². The normalized spacial score (nSPS) is 14.0. The Hall–Kier alpha value is -1.29. The Morgan fingerprint density at radius 1 is 1.25 bits per heavy atom. The summed E-state index contributed by atoms with van der Waals surface area (Å²) in [6.07, 6.45) is 7.54. The average Bonchev–Trinajstić information content (AvgIpc) is 3.30. The monoisotopic (exact) mass is 435 g/mol. The summed E-state index contributed by atoms with van der Waals surface area (Å²) in [6, 6.07) is 4.19. The molecule has 2 heterocycles. The predicted octanol–water partition coefficient (Wildman–Crippen LogP) is 6.35. The fourth-order valence-corrected chi connectivity index (χ4v) is 5.60. The number of nitrogens with zero attached hydrogens (tertiary/aromatic N) is 1. The van der Waals surface area contributed by atoms with E-state index in [9.17, 15) is 4.79 Å². The third-order valence-electron chi connectivity index (χ3n) is 4.48. The number of rotatable bonds is 6. The zero-order valence-corrected chi connectivity index (χ0v) is 19.4. The van der Waals surface area contributed by atoms with Gasteiger partial charge in [0.15, 0.2) is 0 Å². The zero-order chi connectivity index (χ0) is 20.4. The molecule has 6 heteroatoms. The molecule has 0 spiro atoms. The average molecular weight is 436 g/mol. The number of hydrogen-bond acceptors (Lipinski definition) is 5. The number of thiazole rings is 1. The second-order valence-electron chi connectivity index (χ2n) is 6.52. The molecule has 0 aliphatic heterocycles. The molecule has 0 saturated heterocycles. The van der Waals surface area contributed by atoms with Crippen LogP contribution in [0.15, 0.2) is 12.1 Å². The molecular weight excluding hydrogens is 406 g/mol. The van der Waals surface area contributed by atoms with Crippen LogP contribution in [-0.4, -0.2) is 27.6 Å². The fraction of sp³-hybridized carbons (Fsp3) is 0.545. The highest BCUT2D eigenvalue weighted by atomic mass is 32.2. The van der Waals surface area contributed by atoms with Crippen LogP contribution in [0.4, 0.5) is 0 Å². The lowest BCUT2D eigenvalue weighted by Gasteiger charge is -2.18. The molecule has 0 amide bonds. The number of aliphatic carboxylic acids is 1. The summed E-state index contributed by atoms with van der Waals surface area (Å²) in [5, 5.41) is 9.95. The van der Waals surface area contributed by atoms with E-state index in [4.69, 9.17) is 10.1 Å². The highest BCUT2D eigenvalue weighted by Crippen LogP contribution is 2.36. The summed E-state index contributed by atoms with van der Waals surface area (Å²) < 4.78 is 0. The molecule has 0 aromatic carbocycles. The van der Waals surface area contributed by atoms with Gasteiger partial charge in [0.1, 0.15) is 0 Å². The van der Waals surface area contributed by atoms with Gasteiger partial charge in [-0.2, -0.15) is 0 Å². The first-order chi connectivity index (χ1) is 13.6. The summed E-state index contributed by atoms with van der Waals surface area (Å²) in [5.41, 5.74) is 1.22. The minimum absolute atomic E-state index is 0.108. The molecule has 3 rings (SSSR count). The molecule has 0 bridgehead atoms. The Labute approximate surface area is 181 Å². The molecule has 152 valence electrons. The minimum Gasteiger partial charge on any atom is -0.481 e. The van der Waals surface area contributed by atoms with Gasteiger partial charge in [0.25, 0.3) is 0 Å². The Kier molecular flexibility index (Phi) is 10.1. The van der Waals surface area contributed by atoms with Gasteiger partial charge in [0, 0.05) is 22.1 Å². The van der Waals surface area contributed by atoms with Crippen molar-refractivity contribution in [3.8, 4) is 11.8 Å². The molecule has 1 N–H and O–H groups in total. The molecule has 0 unspecified atom stereocenters. The van der Waals surface area contributed by atoms with Gasteiger partial charge in [0.2, 0.25) is 0 Å². The van der Waals surface area contributed by atoms with E-state index < -0.39 is 5.97 Å². The molecule has 1 aliphatic rings. The summed E-state index contributed by atoms with van der Waals surface area (Å²) in [5.74, 6) is 6.72. The van der Waals surface area contributed by atoms with Gasteiger partial charge in [-0.1, -0.05) is 45.0 Å². The van der Waals surface area contributed by atoms with Crippen molar-refractivity contribution in [3.63, 3.8) is 0 Å². The summed E-state index contributed by atoms with van der Waals surface area (Å²) in [7, 11) is 0. The second kappa shape index (κ2) is 12.3. The van der Waals surface area contributed by atoms with Gasteiger partial charge < -0.3 is 5.11 Å². The Morgan fingerprint density at radius 2 is 2.00 bits per heavy atom. The highest BCUT2D eigenvalue weighted by Gasteiger charge is 2.20. The summed E-state index contributed by atoms with van der Waals surface area (Å²) >= 11 is 4.93. The van der Waals surface area contributed by atoms with Gasteiger partial charge in [-0.05, 0) is 31.9 Å². The lowest BCUT2D eigenvalue weighted by atomic mass is 9.90. The number of hydrogen-bond donors (Lipinski definition) is 1. The number of aryl methyl sites for hydroxylation is 1. The van der Waals surface area contributed by atoms with Crippen LogP contribution in [0, 0.1) is 18.8 Å². The number of carboxylic acid groups (broad SMARTS) is 1. The molecule has 1 fully saturated rings. The quantitative estimate of drug-likeness (QED) is 0.424. The third kappa shape index (κ3) is 7.27. The molecule has 3 nitrogen and oxygen atoms in total.